The van der Waals surface area contributed by atoms with E-state index in [4.69, 9.17) is 0 Å². The van der Waals surface area contributed by atoms with Gasteiger partial charge in [0.2, 0.25) is 0 Å². The molecule has 0 amide bonds. The van der Waals surface area contributed by atoms with Crippen molar-refractivity contribution in [2.75, 3.05) is 0 Å². The Morgan fingerprint density at radius 3 is 1.50 bits per heavy atom. The fraction of sp³-hybridized carbons (Fsp3) is 0.917. The van der Waals surface area contributed by atoms with Gasteiger partial charge in [0, 0.05) is 0 Å². The maximum atomic E-state index is 3.00. The normalized spacial score (nSPS) is 16.5. The Morgan fingerprint density at radius 1 is 0.708 bits per heavy atom. The van der Waals surface area contributed by atoms with Gasteiger partial charge in [-0.1, -0.05) is 112 Å². The second-order valence-corrected chi connectivity index (χ2v) is 8.06. The van der Waals surface area contributed by atoms with E-state index in [9.17, 15) is 0 Å². The first-order valence-electron chi connectivity index (χ1n) is 11.1. The van der Waals surface area contributed by atoms with E-state index in [0.29, 0.717) is 0 Å². The number of rotatable bonds is 10. The lowest BCUT2D eigenvalue weighted by molar-refractivity contribution is 0.490. The van der Waals surface area contributed by atoms with Gasteiger partial charge in [-0.2, -0.15) is 0 Å². The van der Waals surface area contributed by atoms with Gasteiger partial charge in [-0.3, -0.25) is 0 Å². The minimum atomic E-state index is 0.802. The maximum Gasteiger partial charge on any atom is -0.0325 e. The minimum absolute atomic E-state index is 0.802. The third-order valence-corrected chi connectivity index (χ3v) is 5.11. The van der Waals surface area contributed by atoms with Gasteiger partial charge in [-0.05, 0) is 30.6 Å². The highest BCUT2D eigenvalue weighted by molar-refractivity contribution is 4.87. The van der Waals surface area contributed by atoms with Gasteiger partial charge in [0.1, 0.15) is 0 Å². The summed E-state index contributed by atoms with van der Waals surface area (Å²) in [5.74, 6) is 1.15. The minimum Gasteiger partial charge on any atom is -0.106 e. The van der Waals surface area contributed by atoms with Crippen LogP contribution in [0.2, 0.25) is 0 Å². The molecule has 2 aliphatic rings. The van der Waals surface area contributed by atoms with Crippen molar-refractivity contribution in [1.29, 1.82) is 0 Å². The van der Waals surface area contributed by atoms with E-state index in [2.05, 4.69) is 47.8 Å². The third-order valence-electron chi connectivity index (χ3n) is 5.11. The molecule has 0 aromatic rings. The molecule has 0 aromatic carbocycles. The van der Waals surface area contributed by atoms with Crippen LogP contribution in [0.5, 0.6) is 0 Å². The summed E-state index contributed by atoms with van der Waals surface area (Å²) in [6.07, 6.45) is 21.7. The summed E-state index contributed by atoms with van der Waals surface area (Å²) in [6, 6.07) is 0. The second kappa shape index (κ2) is 19.1. The van der Waals surface area contributed by atoms with Gasteiger partial charge >= 0.3 is 0 Å². The monoisotopic (exact) mass is 338 g/mol. The molecule has 24 heavy (non-hydrogen) atoms. The molecule has 0 aliphatic heterocycles. The van der Waals surface area contributed by atoms with E-state index in [1.807, 2.05) is 0 Å². The Morgan fingerprint density at radius 2 is 1.17 bits per heavy atom. The van der Waals surface area contributed by atoms with Crippen molar-refractivity contribution in [2.24, 2.45) is 11.3 Å². The molecule has 2 aliphatic carbocycles. The van der Waals surface area contributed by atoms with Gasteiger partial charge in [-0.15, -0.1) is 13.2 Å². The van der Waals surface area contributed by atoms with Gasteiger partial charge in [0.25, 0.3) is 0 Å². The highest BCUT2D eigenvalue weighted by Gasteiger charge is 2.35. The van der Waals surface area contributed by atoms with E-state index in [1.54, 1.807) is 0 Å². The average Bonchev–Trinajstić information content (AvgIpc) is 3.53. The molecule has 0 bridgehead atoms. The summed E-state index contributed by atoms with van der Waals surface area (Å²) >= 11 is 0. The summed E-state index contributed by atoms with van der Waals surface area (Å²) in [5, 5.41) is 0. The fourth-order valence-corrected chi connectivity index (χ4v) is 2.64. The lowest BCUT2D eigenvalue weighted by Crippen LogP contribution is -1.90. The van der Waals surface area contributed by atoms with Crippen LogP contribution in [0.25, 0.3) is 0 Å². The first-order chi connectivity index (χ1) is 11.6. The molecule has 0 unspecified atom stereocenters. The van der Waals surface area contributed by atoms with E-state index < -0.39 is 0 Å². The smallest absolute Gasteiger partial charge is 0.0325 e. The molecule has 0 radical (unpaired) electrons. The van der Waals surface area contributed by atoms with Gasteiger partial charge in [0.05, 0.1) is 0 Å². The molecule has 2 rings (SSSR count). The van der Waals surface area contributed by atoms with Crippen molar-refractivity contribution < 1.29 is 0 Å². The van der Waals surface area contributed by atoms with E-state index in [0.717, 1.165) is 11.3 Å². The molecular weight excluding hydrogens is 288 g/mol. The van der Waals surface area contributed by atoms with Crippen LogP contribution in [-0.2, 0) is 0 Å². The molecule has 0 heteroatoms. The highest BCUT2D eigenvalue weighted by Crippen LogP contribution is 2.48. The van der Waals surface area contributed by atoms with Crippen molar-refractivity contribution >= 4 is 0 Å². The predicted octanol–water partition coefficient (Wildman–Crippen LogP) is 9.34. The molecule has 0 N–H and O–H groups in total. The number of hydrogen-bond donors (Lipinski definition) is 0. The standard InChI is InChI=1S/C8H16.C7H14.C7H16.C2H4/c1-3-4-5-8(2)6-7-8;1-2-3-4-7-5-6-7;1-3-5-7-6-4-2;1-2/h3-7H2,1-2H3;7H,2-6H2,1H3;3-7H2,1-2H3;1-2H2. The number of unbranched alkanes of at least 4 members (excludes halogenated alkanes) is 6. The largest absolute Gasteiger partial charge is 0.106 e. The molecule has 146 valence electrons. The molecular formula is C24H50. The van der Waals surface area contributed by atoms with E-state index in [1.165, 1.54) is 96.3 Å². The summed E-state index contributed by atoms with van der Waals surface area (Å²) in [5.41, 5.74) is 0.802. The SMILES string of the molecule is C=C.CCCCC1(C)CC1.CCCCC1CC1.CCCCCCC. The van der Waals surface area contributed by atoms with Crippen LogP contribution in [0, 0.1) is 11.3 Å². The molecule has 2 saturated carbocycles. The molecule has 0 atom stereocenters. The van der Waals surface area contributed by atoms with Crippen molar-refractivity contribution in [3.63, 3.8) is 0 Å². The van der Waals surface area contributed by atoms with Crippen LogP contribution in [0.3, 0.4) is 0 Å². The van der Waals surface area contributed by atoms with E-state index >= 15 is 0 Å². The van der Waals surface area contributed by atoms with Crippen LogP contribution in [0.1, 0.15) is 131 Å². The first-order valence-corrected chi connectivity index (χ1v) is 11.1. The Hall–Kier alpha value is -0.260. The Balaban J connectivity index is 0. The average molecular weight is 339 g/mol. The van der Waals surface area contributed by atoms with Gasteiger partial charge in [0.15, 0.2) is 0 Å². The lowest BCUT2D eigenvalue weighted by atomic mass is 10.0. The van der Waals surface area contributed by atoms with Crippen LogP contribution in [0.4, 0.5) is 0 Å². The Bertz CT molecular complexity index is 218. The first kappa shape index (κ1) is 26.0. The zero-order chi connectivity index (χ0) is 18.7. The summed E-state index contributed by atoms with van der Waals surface area (Å²) in [7, 11) is 0. The molecule has 0 heterocycles. The van der Waals surface area contributed by atoms with Crippen molar-refractivity contribution in [1.82, 2.24) is 0 Å². The predicted molar refractivity (Wildman–Crippen MR) is 115 cm³/mol. The molecule has 0 nitrogen and oxygen atoms in total. The van der Waals surface area contributed by atoms with Crippen LogP contribution >= 0.6 is 0 Å². The van der Waals surface area contributed by atoms with Crippen LogP contribution < -0.4 is 0 Å². The van der Waals surface area contributed by atoms with Gasteiger partial charge < -0.3 is 0 Å². The van der Waals surface area contributed by atoms with Crippen LogP contribution in [0.15, 0.2) is 13.2 Å². The molecule has 2 fully saturated rings. The van der Waals surface area contributed by atoms with E-state index in [-0.39, 0.29) is 0 Å². The zero-order valence-corrected chi connectivity index (χ0v) is 18.1. The molecule has 0 saturated heterocycles. The molecule has 0 spiro atoms. The summed E-state index contributed by atoms with van der Waals surface area (Å²) < 4.78 is 0. The second-order valence-electron chi connectivity index (χ2n) is 8.06. The fourth-order valence-electron chi connectivity index (χ4n) is 2.64. The third kappa shape index (κ3) is 21.7. The zero-order valence-electron chi connectivity index (χ0n) is 18.1. The van der Waals surface area contributed by atoms with Crippen molar-refractivity contribution in [3.05, 3.63) is 13.2 Å². The van der Waals surface area contributed by atoms with Crippen molar-refractivity contribution in [3.8, 4) is 0 Å². The lowest BCUT2D eigenvalue weighted by Gasteiger charge is -2.03. The molecule has 0 aromatic heterocycles. The number of hydrogen-bond acceptors (Lipinski definition) is 0. The van der Waals surface area contributed by atoms with Gasteiger partial charge in [-0.25, -0.2) is 0 Å². The summed E-state index contributed by atoms with van der Waals surface area (Å²) in [4.78, 5) is 0. The summed E-state index contributed by atoms with van der Waals surface area (Å²) in [6.45, 7) is 17.4. The Labute approximate surface area is 155 Å². The maximum absolute atomic E-state index is 3.00. The highest BCUT2D eigenvalue weighted by atomic mass is 14.4. The van der Waals surface area contributed by atoms with Crippen molar-refractivity contribution in [2.45, 2.75) is 131 Å². The topological polar surface area (TPSA) is 0 Å². The van der Waals surface area contributed by atoms with Crippen LogP contribution in [-0.4, -0.2) is 0 Å². The quantitative estimate of drug-likeness (QED) is 0.275. The Kier molecular flexibility index (Phi) is 20.6.